The predicted octanol–water partition coefficient (Wildman–Crippen LogP) is 0.709. The zero-order chi connectivity index (χ0) is 9.26. The van der Waals surface area contributed by atoms with Crippen LogP contribution in [0.3, 0.4) is 0 Å². The second-order valence-corrected chi connectivity index (χ2v) is 4.02. The molecule has 0 aliphatic heterocycles. The van der Waals surface area contributed by atoms with Crippen LogP contribution >= 0.6 is 11.3 Å². The van der Waals surface area contributed by atoms with Crippen LogP contribution in [-0.2, 0) is 0 Å². The van der Waals surface area contributed by atoms with E-state index in [2.05, 4.69) is 16.6 Å². The molecule has 0 spiro atoms. The Labute approximate surface area is 80.6 Å². The monoisotopic (exact) mass is 196 g/mol. The zero-order valence-corrected chi connectivity index (χ0v) is 7.97. The first-order chi connectivity index (χ1) is 6.36. The van der Waals surface area contributed by atoms with E-state index in [4.69, 9.17) is 11.7 Å². The predicted molar refractivity (Wildman–Crippen MR) is 54.3 cm³/mol. The Morgan fingerprint density at radius 2 is 2.38 bits per heavy atom. The molecule has 4 nitrogen and oxygen atoms in total. The Morgan fingerprint density at radius 1 is 1.62 bits per heavy atom. The van der Waals surface area contributed by atoms with E-state index in [0.29, 0.717) is 11.8 Å². The highest BCUT2D eigenvalue weighted by Gasteiger charge is 2.27. The van der Waals surface area contributed by atoms with Crippen molar-refractivity contribution in [1.29, 1.82) is 0 Å². The summed E-state index contributed by atoms with van der Waals surface area (Å²) in [4.78, 5) is 1.08. The molecule has 1 aliphatic carbocycles. The molecule has 0 unspecified atom stereocenters. The minimum Gasteiger partial charge on any atom is -0.321 e. The average molecular weight is 196 g/mol. The van der Waals surface area contributed by atoms with Gasteiger partial charge in [0.25, 0.3) is 0 Å². The fraction of sp³-hybridized carbons (Fsp3) is 0.375. The van der Waals surface area contributed by atoms with Gasteiger partial charge in [-0.15, -0.1) is 11.3 Å². The molecule has 0 atom stereocenters. The largest absolute Gasteiger partial charge is 0.321 e. The Bertz CT molecular complexity index is 327. The fourth-order valence-electron chi connectivity index (χ4n) is 1.39. The van der Waals surface area contributed by atoms with Crippen LogP contribution in [-0.4, -0.2) is 5.84 Å². The number of amidine groups is 1. The van der Waals surface area contributed by atoms with Crippen molar-refractivity contribution >= 4 is 17.2 Å². The van der Waals surface area contributed by atoms with Crippen molar-refractivity contribution in [2.24, 2.45) is 16.8 Å². The summed E-state index contributed by atoms with van der Waals surface area (Å²) >= 11 is 1.62. The molecule has 1 heterocycles. The fourth-order valence-corrected chi connectivity index (χ4v) is 2.33. The molecule has 0 radical (unpaired) electrons. The molecule has 1 fully saturated rings. The summed E-state index contributed by atoms with van der Waals surface area (Å²) in [6, 6.07) is 2.13. The molecule has 70 valence electrons. The first kappa shape index (κ1) is 8.52. The van der Waals surface area contributed by atoms with Crippen LogP contribution in [0.25, 0.3) is 0 Å². The van der Waals surface area contributed by atoms with E-state index in [0.717, 1.165) is 4.88 Å². The standard InChI is InChI=1S/C8H12N4S/c9-11-8(12-10)7-6(3-4-13-7)5-1-2-5/h3-5H,1-2,9-10H2,(H,11,12). The van der Waals surface area contributed by atoms with Gasteiger partial charge in [-0.25, -0.2) is 5.84 Å². The third kappa shape index (κ3) is 1.52. The minimum absolute atomic E-state index is 0.580. The van der Waals surface area contributed by atoms with Gasteiger partial charge in [-0.3, -0.25) is 0 Å². The molecule has 0 saturated heterocycles. The van der Waals surface area contributed by atoms with Crippen LogP contribution in [0.15, 0.2) is 16.5 Å². The number of nitrogens with one attached hydrogen (secondary N) is 1. The summed E-state index contributed by atoms with van der Waals surface area (Å²) in [7, 11) is 0. The van der Waals surface area contributed by atoms with E-state index in [1.165, 1.54) is 18.4 Å². The van der Waals surface area contributed by atoms with Gasteiger partial charge >= 0.3 is 0 Å². The van der Waals surface area contributed by atoms with Crippen molar-refractivity contribution in [2.45, 2.75) is 18.8 Å². The Morgan fingerprint density at radius 3 is 2.92 bits per heavy atom. The molecule has 1 saturated carbocycles. The maximum Gasteiger partial charge on any atom is 0.177 e. The van der Waals surface area contributed by atoms with E-state index in [1.807, 2.05) is 5.38 Å². The molecule has 2 rings (SSSR count). The van der Waals surface area contributed by atoms with E-state index >= 15 is 0 Å². The molecule has 0 aromatic carbocycles. The molecule has 13 heavy (non-hydrogen) atoms. The quantitative estimate of drug-likeness (QED) is 0.282. The highest BCUT2D eigenvalue weighted by molar-refractivity contribution is 7.12. The number of hydrazone groups is 1. The molecule has 1 aromatic rings. The first-order valence-corrected chi connectivity index (χ1v) is 5.07. The second kappa shape index (κ2) is 3.35. The number of rotatable bonds is 2. The average Bonchev–Trinajstić information content (AvgIpc) is 2.89. The van der Waals surface area contributed by atoms with E-state index < -0.39 is 0 Å². The van der Waals surface area contributed by atoms with Gasteiger partial charge in [0, 0.05) is 0 Å². The van der Waals surface area contributed by atoms with Gasteiger partial charge in [0.15, 0.2) is 5.84 Å². The topological polar surface area (TPSA) is 76.4 Å². The number of hydrogen-bond donors (Lipinski definition) is 3. The lowest BCUT2D eigenvalue weighted by Gasteiger charge is -2.03. The maximum absolute atomic E-state index is 5.31. The first-order valence-electron chi connectivity index (χ1n) is 4.19. The van der Waals surface area contributed by atoms with Crippen molar-refractivity contribution in [3.63, 3.8) is 0 Å². The highest BCUT2D eigenvalue weighted by Crippen LogP contribution is 2.43. The summed E-state index contributed by atoms with van der Waals surface area (Å²) in [6.07, 6.45) is 2.54. The highest BCUT2D eigenvalue weighted by atomic mass is 32.1. The van der Waals surface area contributed by atoms with Gasteiger partial charge in [-0.2, -0.15) is 5.10 Å². The number of hydrogen-bond acceptors (Lipinski definition) is 4. The third-order valence-corrected chi connectivity index (χ3v) is 3.13. The van der Waals surface area contributed by atoms with Gasteiger partial charge in [-0.05, 0) is 35.8 Å². The summed E-state index contributed by atoms with van der Waals surface area (Å²) in [5, 5.41) is 5.66. The van der Waals surface area contributed by atoms with Crippen LogP contribution in [0.5, 0.6) is 0 Å². The van der Waals surface area contributed by atoms with Gasteiger partial charge in [0.1, 0.15) is 0 Å². The molecule has 5 N–H and O–H groups in total. The zero-order valence-electron chi connectivity index (χ0n) is 7.16. The minimum atomic E-state index is 0.580. The summed E-state index contributed by atoms with van der Waals surface area (Å²) in [5.41, 5.74) is 3.84. The Hall–Kier alpha value is -1.07. The van der Waals surface area contributed by atoms with Crippen molar-refractivity contribution in [3.8, 4) is 0 Å². The lowest BCUT2D eigenvalue weighted by atomic mass is 10.1. The molecule has 0 bridgehead atoms. The normalized spacial score (nSPS) is 17.5. The Balaban J connectivity index is 2.32. The molecular weight excluding hydrogens is 184 g/mol. The van der Waals surface area contributed by atoms with Crippen molar-refractivity contribution in [1.82, 2.24) is 5.43 Å². The van der Waals surface area contributed by atoms with Crippen molar-refractivity contribution in [3.05, 3.63) is 21.9 Å². The van der Waals surface area contributed by atoms with Crippen molar-refractivity contribution < 1.29 is 0 Å². The van der Waals surface area contributed by atoms with E-state index in [-0.39, 0.29) is 0 Å². The SMILES string of the molecule is N/N=C(\NN)c1sccc1C1CC1. The summed E-state index contributed by atoms with van der Waals surface area (Å²) in [6.45, 7) is 0. The smallest absolute Gasteiger partial charge is 0.177 e. The summed E-state index contributed by atoms with van der Waals surface area (Å²) in [5.74, 6) is 11.8. The second-order valence-electron chi connectivity index (χ2n) is 3.10. The maximum atomic E-state index is 5.31. The van der Waals surface area contributed by atoms with Crippen LogP contribution in [0, 0.1) is 0 Å². The Kier molecular flexibility index (Phi) is 2.20. The van der Waals surface area contributed by atoms with E-state index in [1.54, 1.807) is 11.3 Å². The van der Waals surface area contributed by atoms with Gasteiger partial charge < -0.3 is 11.3 Å². The molecule has 5 heteroatoms. The molecular formula is C8H12N4S. The molecule has 1 aliphatic rings. The number of hydrazine groups is 1. The van der Waals surface area contributed by atoms with Gasteiger partial charge in [0.2, 0.25) is 0 Å². The summed E-state index contributed by atoms with van der Waals surface area (Å²) < 4.78 is 0. The number of nitrogens with two attached hydrogens (primary N) is 2. The van der Waals surface area contributed by atoms with Crippen molar-refractivity contribution in [2.75, 3.05) is 0 Å². The van der Waals surface area contributed by atoms with Gasteiger partial charge in [0.05, 0.1) is 4.88 Å². The lowest BCUT2D eigenvalue weighted by molar-refractivity contribution is 1.00. The molecule has 1 aromatic heterocycles. The number of thiophene rings is 1. The number of nitrogens with zero attached hydrogens (tertiary/aromatic N) is 1. The molecule has 0 amide bonds. The third-order valence-electron chi connectivity index (χ3n) is 2.19. The van der Waals surface area contributed by atoms with Crippen LogP contribution in [0.4, 0.5) is 0 Å². The van der Waals surface area contributed by atoms with Crippen LogP contribution < -0.4 is 17.1 Å². The van der Waals surface area contributed by atoms with E-state index in [9.17, 15) is 0 Å². The van der Waals surface area contributed by atoms with Crippen LogP contribution in [0.1, 0.15) is 29.2 Å². The lowest BCUT2D eigenvalue weighted by Crippen LogP contribution is -2.31. The van der Waals surface area contributed by atoms with Gasteiger partial charge in [-0.1, -0.05) is 0 Å². The van der Waals surface area contributed by atoms with Crippen LogP contribution in [0.2, 0.25) is 0 Å².